The predicted molar refractivity (Wildman–Crippen MR) is 52.8 cm³/mol. The second kappa shape index (κ2) is 3.18. The van der Waals surface area contributed by atoms with Crippen molar-refractivity contribution >= 4 is 11.6 Å². The number of hydrogen-bond donors (Lipinski definition) is 0. The van der Waals surface area contributed by atoms with E-state index in [2.05, 4.69) is 41.2 Å². The third-order valence-electron chi connectivity index (χ3n) is 1.71. The van der Waals surface area contributed by atoms with Crippen molar-refractivity contribution < 1.29 is 0 Å². The molecular weight excluding hydrogens is 156 g/mol. The van der Waals surface area contributed by atoms with Gasteiger partial charge in [-0.2, -0.15) is 0 Å². The van der Waals surface area contributed by atoms with Crippen LogP contribution in [0.15, 0.2) is 11.6 Å². The van der Waals surface area contributed by atoms with Gasteiger partial charge < -0.3 is 0 Å². The molecule has 0 fully saturated rings. The average Bonchev–Trinajstić information content (AvgIpc) is 1.56. The van der Waals surface area contributed by atoms with E-state index in [1.807, 2.05) is 0 Å². The van der Waals surface area contributed by atoms with Crippen LogP contribution in [0.3, 0.4) is 0 Å². The lowest BCUT2D eigenvalue weighted by Crippen LogP contribution is -2.20. The third-order valence-corrected chi connectivity index (χ3v) is 2.22. The molecule has 0 aromatic carbocycles. The Morgan fingerprint density at radius 1 is 1.18 bits per heavy atom. The zero-order valence-electron chi connectivity index (χ0n) is 8.29. The van der Waals surface area contributed by atoms with E-state index in [1.54, 1.807) is 0 Å². The minimum absolute atomic E-state index is 0.0554. The van der Waals surface area contributed by atoms with E-state index >= 15 is 0 Å². The molecule has 0 rings (SSSR count). The maximum absolute atomic E-state index is 5.88. The quantitative estimate of drug-likeness (QED) is 0.589. The SMILES string of the molecule is C=C(Cl)C(C)(C)CC(C)(C)C. The fourth-order valence-corrected chi connectivity index (χ4v) is 1.49. The van der Waals surface area contributed by atoms with Gasteiger partial charge >= 0.3 is 0 Å². The molecule has 0 amide bonds. The third kappa shape index (κ3) is 4.47. The van der Waals surface area contributed by atoms with Gasteiger partial charge in [-0.3, -0.25) is 0 Å². The van der Waals surface area contributed by atoms with Crippen molar-refractivity contribution in [2.45, 2.75) is 41.0 Å². The second-order valence-electron chi connectivity index (χ2n) is 5.03. The maximum Gasteiger partial charge on any atom is 0.0165 e. The minimum atomic E-state index is 0.0554. The monoisotopic (exact) mass is 174 g/mol. The molecule has 0 aliphatic carbocycles. The molecule has 0 aliphatic rings. The Kier molecular flexibility index (Phi) is 3.19. The van der Waals surface area contributed by atoms with Gasteiger partial charge in [-0.05, 0) is 11.8 Å². The first-order valence-corrected chi connectivity index (χ1v) is 4.38. The van der Waals surface area contributed by atoms with Crippen molar-refractivity contribution in [3.63, 3.8) is 0 Å². The van der Waals surface area contributed by atoms with Crippen LogP contribution < -0.4 is 0 Å². The van der Waals surface area contributed by atoms with Crippen molar-refractivity contribution in [3.05, 3.63) is 11.6 Å². The maximum atomic E-state index is 5.88. The van der Waals surface area contributed by atoms with Gasteiger partial charge in [-0.1, -0.05) is 52.8 Å². The Balaban J connectivity index is 4.25. The van der Waals surface area contributed by atoms with E-state index < -0.39 is 0 Å². The van der Waals surface area contributed by atoms with E-state index in [-0.39, 0.29) is 5.41 Å². The van der Waals surface area contributed by atoms with Crippen LogP contribution in [0.4, 0.5) is 0 Å². The summed E-state index contributed by atoms with van der Waals surface area (Å²) in [4.78, 5) is 0. The first kappa shape index (κ1) is 11.0. The van der Waals surface area contributed by atoms with E-state index in [0.29, 0.717) is 5.41 Å². The molecule has 0 unspecified atom stereocenters. The van der Waals surface area contributed by atoms with E-state index in [4.69, 9.17) is 11.6 Å². The molecule has 0 heterocycles. The largest absolute Gasteiger partial charge is 0.0892 e. The van der Waals surface area contributed by atoms with Gasteiger partial charge in [0, 0.05) is 10.4 Å². The summed E-state index contributed by atoms with van der Waals surface area (Å²) in [7, 11) is 0. The standard InChI is InChI=1S/C10H19Cl/c1-8(11)10(5,6)7-9(2,3)4/h1,7H2,2-6H3. The highest BCUT2D eigenvalue weighted by Crippen LogP contribution is 2.39. The Labute approximate surface area is 75.6 Å². The Morgan fingerprint density at radius 3 is 1.64 bits per heavy atom. The Bertz CT molecular complexity index is 149. The number of allylic oxidation sites excluding steroid dienone is 1. The summed E-state index contributed by atoms with van der Waals surface area (Å²) >= 11 is 5.88. The summed E-state index contributed by atoms with van der Waals surface area (Å²) in [6, 6.07) is 0. The van der Waals surface area contributed by atoms with Crippen LogP contribution in [0.2, 0.25) is 0 Å². The van der Waals surface area contributed by atoms with E-state index in [9.17, 15) is 0 Å². The molecule has 0 nitrogen and oxygen atoms in total. The van der Waals surface area contributed by atoms with Gasteiger partial charge in [-0.15, -0.1) is 0 Å². The van der Waals surface area contributed by atoms with E-state index in [0.717, 1.165) is 11.5 Å². The van der Waals surface area contributed by atoms with Crippen LogP contribution in [0, 0.1) is 10.8 Å². The molecule has 66 valence electrons. The Hall–Kier alpha value is 0.0300. The van der Waals surface area contributed by atoms with Crippen molar-refractivity contribution in [1.82, 2.24) is 0 Å². The number of hydrogen-bond acceptors (Lipinski definition) is 0. The lowest BCUT2D eigenvalue weighted by Gasteiger charge is -2.31. The summed E-state index contributed by atoms with van der Waals surface area (Å²) in [6.07, 6.45) is 1.07. The van der Waals surface area contributed by atoms with Crippen LogP contribution >= 0.6 is 11.6 Å². The number of rotatable bonds is 2. The zero-order valence-corrected chi connectivity index (χ0v) is 9.05. The molecule has 0 aromatic rings. The molecule has 0 bridgehead atoms. The molecule has 0 N–H and O–H groups in total. The molecule has 0 spiro atoms. The van der Waals surface area contributed by atoms with Crippen LogP contribution in [-0.4, -0.2) is 0 Å². The zero-order chi connectivity index (χ0) is 9.28. The average molecular weight is 175 g/mol. The van der Waals surface area contributed by atoms with Crippen LogP contribution in [0.25, 0.3) is 0 Å². The fraction of sp³-hybridized carbons (Fsp3) is 0.800. The van der Waals surface area contributed by atoms with Gasteiger partial charge in [0.15, 0.2) is 0 Å². The van der Waals surface area contributed by atoms with Crippen molar-refractivity contribution in [3.8, 4) is 0 Å². The van der Waals surface area contributed by atoms with E-state index in [1.165, 1.54) is 0 Å². The van der Waals surface area contributed by atoms with Gasteiger partial charge in [0.05, 0.1) is 0 Å². The molecule has 0 aliphatic heterocycles. The van der Waals surface area contributed by atoms with Gasteiger partial charge in [0.2, 0.25) is 0 Å². The molecule has 1 heteroatoms. The van der Waals surface area contributed by atoms with Crippen molar-refractivity contribution in [2.24, 2.45) is 10.8 Å². The Morgan fingerprint density at radius 2 is 1.55 bits per heavy atom. The summed E-state index contributed by atoms with van der Waals surface area (Å²) in [5.74, 6) is 0. The van der Waals surface area contributed by atoms with Gasteiger partial charge in [0.1, 0.15) is 0 Å². The second-order valence-corrected chi connectivity index (χ2v) is 5.48. The topological polar surface area (TPSA) is 0 Å². The highest BCUT2D eigenvalue weighted by atomic mass is 35.5. The molecule has 0 atom stereocenters. The van der Waals surface area contributed by atoms with Gasteiger partial charge in [-0.25, -0.2) is 0 Å². The molecule has 0 saturated carbocycles. The van der Waals surface area contributed by atoms with Crippen molar-refractivity contribution in [1.29, 1.82) is 0 Å². The molecule has 0 saturated heterocycles. The normalized spacial score (nSPS) is 13.3. The summed E-state index contributed by atoms with van der Waals surface area (Å²) in [6.45, 7) is 14.7. The molecular formula is C10H19Cl. The minimum Gasteiger partial charge on any atom is -0.0892 e. The summed E-state index contributed by atoms with van der Waals surface area (Å²) in [5.41, 5.74) is 0.376. The highest BCUT2D eigenvalue weighted by Gasteiger charge is 2.26. The van der Waals surface area contributed by atoms with Gasteiger partial charge in [0.25, 0.3) is 0 Å². The number of halogens is 1. The highest BCUT2D eigenvalue weighted by molar-refractivity contribution is 6.29. The lowest BCUT2D eigenvalue weighted by atomic mass is 9.76. The van der Waals surface area contributed by atoms with Crippen LogP contribution in [0.5, 0.6) is 0 Å². The fourth-order valence-electron chi connectivity index (χ4n) is 1.42. The molecule has 0 aromatic heterocycles. The smallest absolute Gasteiger partial charge is 0.0165 e. The van der Waals surface area contributed by atoms with Crippen molar-refractivity contribution in [2.75, 3.05) is 0 Å². The van der Waals surface area contributed by atoms with Crippen LogP contribution in [0.1, 0.15) is 41.0 Å². The van der Waals surface area contributed by atoms with Crippen LogP contribution in [-0.2, 0) is 0 Å². The molecule has 0 radical (unpaired) electrons. The summed E-state index contributed by atoms with van der Waals surface area (Å²) < 4.78 is 0. The first-order valence-electron chi connectivity index (χ1n) is 4.00. The first-order chi connectivity index (χ1) is 4.65. The summed E-state index contributed by atoms with van der Waals surface area (Å²) in [5, 5.41) is 0.757. The predicted octanol–water partition coefficient (Wildman–Crippen LogP) is 4.20. The molecule has 11 heavy (non-hydrogen) atoms. The lowest BCUT2D eigenvalue weighted by molar-refractivity contribution is 0.258.